The molecular formula is C11H16N2O. The summed E-state index contributed by atoms with van der Waals surface area (Å²) in [5.41, 5.74) is 6.62. The maximum atomic E-state index is 5.80. The third-order valence-corrected chi connectivity index (χ3v) is 2.78. The monoisotopic (exact) mass is 192 g/mol. The normalized spacial score (nSPS) is 21.4. The molecule has 2 rings (SSSR count). The molecule has 0 aromatic carbocycles. The molecule has 0 aliphatic carbocycles. The van der Waals surface area contributed by atoms with Gasteiger partial charge in [0.1, 0.15) is 11.9 Å². The van der Waals surface area contributed by atoms with Gasteiger partial charge in [-0.25, -0.2) is 0 Å². The molecule has 2 heterocycles. The minimum absolute atomic E-state index is 0.267. The fraction of sp³-hybridized carbons (Fsp3) is 0.545. The number of hydrogen-bond donors (Lipinski definition) is 1. The van der Waals surface area contributed by atoms with E-state index in [1.807, 2.05) is 18.3 Å². The molecule has 0 fully saturated rings. The van der Waals surface area contributed by atoms with Crippen LogP contribution < -0.4 is 10.5 Å². The van der Waals surface area contributed by atoms with Crippen LogP contribution in [0.3, 0.4) is 0 Å². The molecule has 0 saturated heterocycles. The highest BCUT2D eigenvalue weighted by Gasteiger charge is 2.27. The zero-order chi connectivity index (χ0) is 9.97. The second-order valence-electron chi connectivity index (χ2n) is 3.86. The van der Waals surface area contributed by atoms with E-state index in [9.17, 15) is 0 Å². The molecule has 0 amide bonds. The molecule has 2 unspecified atom stereocenters. The molecule has 14 heavy (non-hydrogen) atoms. The van der Waals surface area contributed by atoms with E-state index >= 15 is 0 Å². The summed E-state index contributed by atoms with van der Waals surface area (Å²) in [6.07, 6.45) is 4.03. The van der Waals surface area contributed by atoms with E-state index in [0.29, 0.717) is 5.92 Å². The first kappa shape index (κ1) is 9.46. The summed E-state index contributed by atoms with van der Waals surface area (Å²) in [5, 5.41) is 0. The minimum Gasteiger partial charge on any atom is -0.488 e. The molecule has 1 aromatic rings. The van der Waals surface area contributed by atoms with E-state index in [0.717, 1.165) is 30.8 Å². The number of nitrogens with zero attached hydrogens (tertiary/aromatic N) is 1. The molecule has 2 N–H and O–H groups in total. The molecule has 1 aliphatic rings. The van der Waals surface area contributed by atoms with Gasteiger partial charge in [-0.1, -0.05) is 6.92 Å². The van der Waals surface area contributed by atoms with E-state index < -0.39 is 0 Å². The zero-order valence-electron chi connectivity index (χ0n) is 8.44. The SMILES string of the molecule is CC(CCN)C1Cc2ncccc2O1. The maximum Gasteiger partial charge on any atom is 0.141 e. The van der Waals surface area contributed by atoms with Crippen molar-refractivity contribution >= 4 is 0 Å². The van der Waals surface area contributed by atoms with Gasteiger partial charge >= 0.3 is 0 Å². The van der Waals surface area contributed by atoms with Crippen LogP contribution in [0.2, 0.25) is 0 Å². The lowest BCUT2D eigenvalue weighted by Gasteiger charge is -2.17. The number of hydrogen-bond acceptors (Lipinski definition) is 3. The standard InChI is InChI=1S/C11H16N2O/c1-8(4-5-12)11-7-9-10(14-11)3-2-6-13-9/h2-3,6,8,11H,4-5,7,12H2,1H3. The first-order valence-electron chi connectivity index (χ1n) is 5.12. The summed E-state index contributed by atoms with van der Waals surface area (Å²) >= 11 is 0. The van der Waals surface area contributed by atoms with Crippen molar-refractivity contribution in [2.24, 2.45) is 11.7 Å². The van der Waals surface area contributed by atoms with Gasteiger partial charge in [0.25, 0.3) is 0 Å². The lowest BCUT2D eigenvalue weighted by atomic mass is 9.98. The maximum absolute atomic E-state index is 5.80. The molecule has 0 spiro atoms. The van der Waals surface area contributed by atoms with Crippen molar-refractivity contribution in [3.63, 3.8) is 0 Å². The Hall–Kier alpha value is -1.09. The van der Waals surface area contributed by atoms with Crippen molar-refractivity contribution in [2.75, 3.05) is 6.54 Å². The lowest BCUT2D eigenvalue weighted by Crippen LogP contribution is -2.24. The van der Waals surface area contributed by atoms with Gasteiger partial charge < -0.3 is 10.5 Å². The Labute approximate surface area is 84.3 Å². The van der Waals surface area contributed by atoms with Gasteiger partial charge in [-0.3, -0.25) is 4.98 Å². The topological polar surface area (TPSA) is 48.1 Å². The summed E-state index contributed by atoms with van der Waals surface area (Å²) in [6.45, 7) is 2.91. The van der Waals surface area contributed by atoms with Crippen LogP contribution in [0, 0.1) is 5.92 Å². The molecule has 3 heteroatoms. The predicted molar refractivity (Wildman–Crippen MR) is 55.2 cm³/mol. The second kappa shape index (κ2) is 3.96. The third-order valence-electron chi connectivity index (χ3n) is 2.78. The molecule has 2 atom stereocenters. The first-order chi connectivity index (χ1) is 6.81. The van der Waals surface area contributed by atoms with Crippen LogP contribution >= 0.6 is 0 Å². The van der Waals surface area contributed by atoms with Gasteiger partial charge in [0.15, 0.2) is 0 Å². The largest absolute Gasteiger partial charge is 0.488 e. The molecule has 0 radical (unpaired) electrons. The van der Waals surface area contributed by atoms with Crippen molar-refractivity contribution < 1.29 is 4.74 Å². The highest BCUT2D eigenvalue weighted by Crippen LogP contribution is 2.30. The minimum atomic E-state index is 0.267. The Balaban J connectivity index is 2.04. The molecule has 3 nitrogen and oxygen atoms in total. The van der Waals surface area contributed by atoms with Crippen molar-refractivity contribution in [3.8, 4) is 5.75 Å². The lowest BCUT2D eigenvalue weighted by molar-refractivity contribution is 0.164. The van der Waals surface area contributed by atoms with Crippen LogP contribution in [-0.2, 0) is 6.42 Å². The van der Waals surface area contributed by atoms with E-state index in [-0.39, 0.29) is 6.10 Å². The Morgan fingerprint density at radius 3 is 3.29 bits per heavy atom. The molecule has 1 aromatic heterocycles. The quantitative estimate of drug-likeness (QED) is 0.786. The van der Waals surface area contributed by atoms with Gasteiger partial charge in [-0.05, 0) is 31.0 Å². The van der Waals surface area contributed by atoms with E-state index in [4.69, 9.17) is 10.5 Å². The average Bonchev–Trinajstić information content (AvgIpc) is 2.61. The Morgan fingerprint density at radius 2 is 2.57 bits per heavy atom. The Kier molecular flexibility index (Phi) is 2.68. The van der Waals surface area contributed by atoms with Crippen molar-refractivity contribution in [3.05, 3.63) is 24.0 Å². The smallest absolute Gasteiger partial charge is 0.141 e. The molecule has 76 valence electrons. The first-order valence-corrected chi connectivity index (χ1v) is 5.12. The number of ether oxygens (including phenoxy) is 1. The zero-order valence-corrected chi connectivity index (χ0v) is 8.44. The number of nitrogens with two attached hydrogens (primary N) is 1. The average molecular weight is 192 g/mol. The van der Waals surface area contributed by atoms with Crippen molar-refractivity contribution in [1.29, 1.82) is 0 Å². The van der Waals surface area contributed by atoms with Crippen molar-refractivity contribution in [1.82, 2.24) is 4.98 Å². The van der Waals surface area contributed by atoms with Crippen LogP contribution in [0.5, 0.6) is 5.75 Å². The van der Waals surface area contributed by atoms with Gasteiger partial charge in [-0.2, -0.15) is 0 Å². The van der Waals surface area contributed by atoms with Crippen LogP contribution in [0.4, 0.5) is 0 Å². The predicted octanol–water partition coefficient (Wildman–Crippen LogP) is 1.37. The van der Waals surface area contributed by atoms with E-state index in [2.05, 4.69) is 11.9 Å². The summed E-state index contributed by atoms with van der Waals surface area (Å²) in [7, 11) is 0. The fourth-order valence-electron chi connectivity index (χ4n) is 1.85. The van der Waals surface area contributed by atoms with Gasteiger partial charge in [0.2, 0.25) is 0 Å². The summed E-state index contributed by atoms with van der Waals surface area (Å²) in [4.78, 5) is 4.30. The number of aromatic nitrogens is 1. The Morgan fingerprint density at radius 1 is 1.71 bits per heavy atom. The highest BCUT2D eigenvalue weighted by atomic mass is 16.5. The number of rotatable bonds is 3. The molecule has 0 bridgehead atoms. The van der Waals surface area contributed by atoms with Gasteiger partial charge in [0, 0.05) is 12.6 Å². The fourth-order valence-corrected chi connectivity index (χ4v) is 1.85. The molecular weight excluding hydrogens is 176 g/mol. The van der Waals surface area contributed by atoms with Crippen LogP contribution in [-0.4, -0.2) is 17.6 Å². The summed E-state index contributed by atoms with van der Waals surface area (Å²) in [5.74, 6) is 1.45. The van der Waals surface area contributed by atoms with E-state index in [1.165, 1.54) is 0 Å². The molecule has 0 saturated carbocycles. The van der Waals surface area contributed by atoms with Crippen molar-refractivity contribution in [2.45, 2.75) is 25.9 Å². The van der Waals surface area contributed by atoms with Crippen LogP contribution in [0.15, 0.2) is 18.3 Å². The summed E-state index contributed by atoms with van der Waals surface area (Å²) in [6, 6.07) is 3.90. The second-order valence-corrected chi connectivity index (χ2v) is 3.86. The van der Waals surface area contributed by atoms with Crippen LogP contribution in [0.1, 0.15) is 19.0 Å². The number of pyridine rings is 1. The van der Waals surface area contributed by atoms with Gasteiger partial charge in [0.05, 0.1) is 5.69 Å². The van der Waals surface area contributed by atoms with Crippen LogP contribution in [0.25, 0.3) is 0 Å². The number of fused-ring (bicyclic) bond motifs is 1. The Bertz CT molecular complexity index is 289. The molecule has 1 aliphatic heterocycles. The third kappa shape index (κ3) is 1.73. The van der Waals surface area contributed by atoms with E-state index in [1.54, 1.807) is 0 Å². The highest BCUT2D eigenvalue weighted by molar-refractivity contribution is 5.31. The summed E-state index contributed by atoms with van der Waals surface area (Å²) < 4.78 is 5.80. The van der Waals surface area contributed by atoms with Gasteiger partial charge in [-0.15, -0.1) is 0 Å².